The Hall–Kier alpha value is -1.59. The van der Waals surface area contributed by atoms with Crippen LogP contribution in [0.5, 0.6) is 0 Å². The van der Waals surface area contributed by atoms with Crippen molar-refractivity contribution in [1.82, 2.24) is 5.32 Å². The van der Waals surface area contributed by atoms with Gasteiger partial charge < -0.3 is 16.0 Å². The molecule has 0 radical (unpaired) electrons. The van der Waals surface area contributed by atoms with Gasteiger partial charge in [-0.05, 0) is 44.2 Å². The molecule has 3 atom stereocenters. The smallest absolute Gasteiger partial charge is 0.249 e. The Labute approximate surface area is 141 Å². The van der Waals surface area contributed by atoms with E-state index in [0.29, 0.717) is 30.1 Å². The lowest BCUT2D eigenvalue weighted by Crippen LogP contribution is -2.53. The van der Waals surface area contributed by atoms with E-state index >= 15 is 0 Å². The molecular weight excluding hydrogens is 314 g/mol. The third-order valence-electron chi connectivity index (χ3n) is 4.74. The summed E-state index contributed by atoms with van der Waals surface area (Å²) in [7, 11) is 0. The van der Waals surface area contributed by atoms with Gasteiger partial charge in [0.15, 0.2) is 0 Å². The summed E-state index contributed by atoms with van der Waals surface area (Å²) in [5, 5.41) is 3.47. The first kappa shape index (κ1) is 16.3. The quantitative estimate of drug-likeness (QED) is 0.888. The average molecular weight is 336 g/mol. The zero-order valence-corrected chi connectivity index (χ0v) is 13.8. The van der Waals surface area contributed by atoms with Crippen molar-refractivity contribution < 1.29 is 9.59 Å². The van der Waals surface area contributed by atoms with Gasteiger partial charge in [-0.15, -0.1) is 0 Å². The maximum atomic E-state index is 12.7. The minimum Gasteiger partial charge on any atom is -0.344 e. The number of anilines is 1. The predicted molar refractivity (Wildman–Crippen MR) is 90.3 cm³/mol. The standard InChI is InChI=1S/C17H22ClN3O2/c18-13-4-1-2-6-15(13)21-9-3-5-14(17(21)23)20-16(22)11-7-8-12(19)10-11/h1-2,4,6,11-12,14H,3,5,7-10,19H2,(H,20,22)/t11-,12-,14+/m1/s1. The Morgan fingerprint density at radius 1 is 1.26 bits per heavy atom. The molecule has 3 rings (SSSR count). The molecule has 2 amide bonds. The highest BCUT2D eigenvalue weighted by atomic mass is 35.5. The van der Waals surface area contributed by atoms with Crippen molar-refractivity contribution in [2.45, 2.75) is 44.2 Å². The molecule has 1 aliphatic heterocycles. The lowest BCUT2D eigenvalue weighted by atomic mass is 10.0. The number of carbonyl (C=O) groups excluding carboxylic acids is 2. The van der Waals surface area contributed by atoms with Crippen LogP contribution in [0.15, 0.2) is 24.3 Å². The van der Waals surface area contributed by atoms with Crippen molar-refractivity contribution in [2.75, 3.05) is 11.4 Å². The number of hydrogen-bond donors (Lipinski definition) is 2. The van der Waals surface area contributed by atoms with Crippen LogP contribution in [0.2, 0.25) is 5.02 Å². The van der Waals surface area contributed by atoms with Gasteiger partial charge in [-0.2, -0.15) is 0 Å². The fourth-order valence-corrected chi connectivity index (χ4v) is 3.70. The number of nitrogens with zero attached hydrogens (tertiary/aromatic N) is 1. The molecule has 3 N–H and O–H groups in total. The summed E-state index contributed by atoms with van der Waals surface area (Å²) in [6.45, 7) is 0.628. The van der Waals surface area contributed by atoms with Crippen molar-refractivity contribution >= 4 is 29.1 Å². The highest BCUT2D eigenvalue weighted by Crippen LogP contribution is 2.29. The lowest BCUT2D eigenvalue weighted by Gasteiger charge is -2.33. The minimum absolute atomic E-state index is 0.0442. The number of hydrogen-bond acceptors (Lipinski definition) is 3. The van der Waals surface area contributed by atoms with Crippen molar-refractivity contribution in [3.05, 3.63) is 29.3 Å². The fourth-order valence-electron chi connectivity index (χ4n) is 3.46. The SMILES string of the molecule is N[C@@H]1CC[C@@H](C(=O)N[C@H]2CCCN(c3ccccc3Cl)C2=O)C1. The van der Waals surface area contributed by atoms with E-state index in [-0.39, 0.29) is 23.8 Å². The third kappa shape index (κ3) is 3.51. The van der Waals surface area contributed by atoms with E-state index in [0.717, 1.165) is 19.3 Å². The number of benzene rings is 1. The van der Waals surface area contributed by atoms with Crippen molar-refractivity contribution in [2.24, 2.45) is 11.7 Å². The predicted octanol–water partition coefficient (Wildman–Crippen LogP) is 2.08. The zero-order valence-electron chi connectivity index (χ0n) is 13.0. The molecule has 0 unspecified atom stereocenters. The Balaban J connectivity index is 1.68. The largest absolute Gasteiger partial charge is 0.344 e. The molecule has 5 nitrogen and oxygen atoms in total. The monoisotopic (exact) mass is 335 g/mol. The second-order valence-corrected chi connectivity index (χ2v) is 6.82. The molecule has 1 saturated carbocycles. The van der Waals surface area contributed by atoms with E-state index in [1.165, 1.54) is 0 Å². The van der Waals surface area contributed by atoms with Gasteiger partial charge in [-0.1, -0.05) is 23.7 Å². The maximum absolute atomic E-state index is 12.7. The van der Waals surface area contributed by atoms with Crippen molar-refractivity contribution in [3.8, 4) is 0 Å². The summed E-state index contributed by atoms with van der Waals surface area (Å²) in [6, 6.07) is 6.93. The molecule has 0 bridgehead atoms. The van der Waals surface area contributed by atoms with Gasteiger partial charge in [0.2, 0.25) is 11.8 Å². The molecular formula is C17H22ClN3O2. The van der Waals surface area contributed by atoms with Crippen LogP contribution in [-0.2, 0) is 9.59 Å². The molecule has 1 heterocycles. The molecule has 1 aromatic rings. The van der Waals surface area contributed by atoms with Crippen molar-refractivity contribution in [3.63, 3.8) is 0 Å². The number of nitrogens with two attached hydrogens (primary N) is 1. The van der Waals surface area contributed by atoms with E-state index in [1.54, 1.807) is 11.0 Å². The first-order valence-corrected chi connectivity index (χ1v) is 8.56. The van der Waals surface area contributed by atoms with Gasteiger partial charge in [0, 0.05) is 18.5 Å². The number of para-hydroxylation sites is 1. The molecule has 124 valence electrons. The van der Waals surface area contributed by atoms with Gasteiger partial charge in [0.25, 0.3) is 0 Å². The molecule has 0 spiro atoms. The minimum atomic E-state index is -0.468. The maximum Gasteiger partial charge on any atom is 0.249 e. The average Bonchev–Trinajstić information content (AvgIpc) is 2.97. The second kappa shape index (κ2) is 6.89. The van der Waals surface area contributed by atoms with Crippen LogP contribution in [0.4, 0.5) is 5.69 Å². The normalized spacial score (nSPS) is 28.0. The number of nitrogens with one attached hydrogen (secondary N) is 1. The Bertz CT molecular complexity index is 607. The summed E-state index contributed by atoms with van der Waals surface area (Å²) in [5.41, 5.74) is 6.58. The summed E-state index contributed by atoms with van der Waals surface area (Å²) in [6.07, 6.45) is 3.90. The van der Waals surface area contributed by atoms with Gasteiger partial charge in [0.1, 0.15) is 6.04 Å². The Morgan fingerprint density at radius 3 is 2.74 bits per heavy atom. The van der Waals surface area contributed by atoms with Gasteiger partial charge >= 0.3 is 0 Å². The molecule has 1 saturated heterocycles. The summed E-state index contributed by atoms with van der Waals surface area (Å²) in [5.74, 6) is -0.189. The molecule has 1 aromatic carbocycles. The van der Waals surface area contributed by atoms with Gasteiger partial charge in [-0.25, -0.2) is 0 Å². The second-order valence-electron chi connectivity index (χ2n) is 6.41. The fraction of sp³-hybridized carbons (Fsp3) is 0.529. The number of carbonyl (C=O) groups is 2. The molecule has 6 heteroatoms. The lowest BCUT2D eigenvalue weighted by molar-refractivity contribution is -0.130. The van der Waals surface area contributed by atoms with E-state index in [4.69, 9.17) is 17.3 Å². The van der Waals surface area contributed by atoms with Crippen LogP contribution in [0, 0.1) is 5.92 Å². The third-order valence-corrected chi connectivity index (χ3v) is 5.06. The molecule has 2 aliphatic rings. The van der Waals surface area contributed by atoms with E-state index in [9.17, 15) is 9.59 Å². The Morgan fingerprint density at radius 2 is 2.04 bits per heavy atom. The van der Waals surface area contributed by atoms with E-state index < -0.39 is 6.04 Å². The van der Waals surface area contributed by atoms with E-state index in [2.05, 4.69) is 5.32 Å². The van der Waals surface area contributed by atoms with E-state index in [1.807, 2.05) is 18.2 Å². The van der Waals surface area contributed by atoms with Crippen LogP contribution in [0.1, 0.15) is 32.1 Å². The summed E-state index contributed by atoms with van der Waals surface area (Å²) in [4.78, 5) is 26.7. The first-order valence-electron chi connectivity index (χ1n) is 8.18. The molecule has 1 aliphatic carbocycles. The molecule has 0 aromatic heterocycles. The highest BCUT2D eigenvalue weighted by molar-refractivity contribution is 6.33. The number of rotatable bonds is 3. The van der Waals surface area contributed by atoms with Gasteiger partial charge in [-0.3, -0.25) is 9.59 Å². The van der Waals surface area contributed by atoms with Crippen LogP contribution in [0.3, 0.4) is 0 Å². The van der Waals surface area contributed by atoms with Crippen LogP contribution >= 0.6 is 11.6 Å². The number of piperidine rings is 1. The summed E-state index contributed by atoms with van der Waals surface area (Å²) < 4.78 is 0. The Kier molecular flexibility index (Phi) is 4.87. The topological polar surface area (TPSA) is 75.4 Å². The zero-order chi connectivity index (χ0) is 16.4. The van der Waals surface area contributed by atoms with Crippen LogP contribution in [-0.4, -0.2) is 30.4 Å². The van der Waals surface area contributed by atoms with Crippen LogP contribution in [0.25, 0.3) is 0 Å². The highest BCUT2D eigenvalue weighted by Gasteiger charge is 2.34. The molecule has 23 heavy (non-hydrogen) atoms. The van der Waals surface area contributed by atoms with Crippen molar-refractivity contribution in [1.29, 1.82) is 0 Å². The number of amides is 2. The molecule has 2 fully saturated rings. The number of halogens is 1. The van der Waals surface area contributed by atoms with Gasteiger partial charge in [0.05, 0.1) is 10.7 Å². The van der Waals surface area contributed by atoms with Crippen LogP contribution < -0.4 is 16.0 Å². The first-order chi connectivity index (χ1) is 11.1. The summed E-state index contributed by atoms with van der Waals surface area (Å²) >= 11 is 6.20.